The van der Waals surface area contributed by atoms with Crippen LogP contribution in [0, 0.1) is 0 Å². The minimum absolute atomic E-state index is 0.610. The Morgan fingerprint density at radius 3 is 2.78 bits per heavy atom. The van der Waals surface area contributed by atoms with Gasteiger partial charge in [0.05, 0.1) is 7.11 Å². The number of hydrogen-bond acceptors (Lipinski definition) is 5. The fourth-order valence-electron chi connectivity index (χ4n) is 1.98. The number of rotatable bonds is 2. The van der Waals surface area contributed by atoms with Gasteiger partial charge < -0.3 is 10.5 Å². The van der Waals surface area contributed by atoms with Crippen LogP contribution >= 0.6 is 0 Å². The molecule has 5 nitrogen and oxygen atoms in total. The molecule has 1 aromatic heterocycles. The summed E-state index contributed by atoms with van der Waals surface area (Å²) in [6.07, 6.45) is 0. The topological polar surface area (TPSA) is 74.2 Å². The Morgan fingerprint density at radius 2 is 1.94 bits per heavy atom. The van der Waals surface area contributed by atoms with Gasteiger partial charge in [0, 0.05) is 16.8 Å². The molecule has 1 heterocycles. The average molecular weight is 241 g/mol. The van der Waals surface area contributed by atoms with E-state index in [4.69, 9.17) is 15.1 Å². The Morgan fingerprint density at radius 1 is 1.11 bits per heavy atom. The summed E-state index contributed by atoms with van der Waals surface area (Å²) in [6.45, 7) is 0. The maximum Gasteiger partial charge on any atom is 0.143 e. The van der Waals surface area contributed by atoms with Crippen molar-refractivity contribution in [2.45, 2.75) is 0 Å². The van der Waals surface area contributed by atoms with E-state index in [-0.39, 0.29) is 0 Å². The first kappa shape index (κ1) is 10.6. The Labute approximate surface area is 103 Å². The number of nitrogen functional groups attached to an aromatic ring is 1. The molecule has 0 aliphatic heterocycles. The number of nitrogens with two attached hydrogens (primary N) is 1. The summed E-state index contributed by atoms with van der Waals surface area (Å²) in [6, 6.07) is 11.2. The molecule has 0 bridgehead atoms. The van der Waals surface area contributed by atoms with Crippen molar-refractivity contribution >= 4 is 16.7 Å². The number of benzene rings is 2. The van der Waals surface area contributed by atoms with Crippen LogP contribution in [0.25, 0.3) is 22.2 Å². The number of para-hydroxylation sites is 1. The van der Waals surface area contributed by atoms with Crippen molar-refractivity contribution in [2.24, 2.45) is 0 Å². The molecule has 0 unspecified atom stereocenters. The van der Waals surface area contributed by atoms with Gasteiger partial charge in [-0.3, -0.25) is 0 Å². The van der Waals surface area contributed by atoms with E-state index in [9.17, 15) is 0 Å². The normalized spacial score (nSPS) is 10.7. The highest BCUT2D eigenvalue weighted by Crippen LogP contribution is 2.35. The average Bonchev–Trinajstić information content (AvgIpc) is 2.85. The van der Waals surface area contributed by atoms with Crippen LogP contribution in [-0.2, 0) is 0 Å². The molecule has 90 valence electrons. The number of fused-ring (bicyclic) bond motifs is 1. The second-order valence-corrected chi connectivity index (χ2v) is 3.90. The number of anilines is 1. The molecule has 3 aromatic rings. The van der Waals surface area contributed by atoms with Crippen LogP contribution in [0.2, 0.25) is 0 Å². The van der Waals surface area contributed by atoms with Gasteiger partial charge in [-0.1, -0.05) is 18.2 Å². The highest BCUT2D eigenvalue weighted by atomic mass is 16.6. The minimum Gasteiger partial charge on any atom is -0.496 e. The number of aromatic nitrogens is 2. The van der Waals surface area contributed by atoms with E-state index in [0.29, 0.717) is 16.7 Å². The zero-order chi connectivity index (χ0) is 12.5. The van der Waals surface area contributed by atoms with E-state index < -0.39 is 0 Å². The van der Waals surface area contributed by atoms with E-state index in [1.165, 1.54) is 0 Å². The van der Waals surface area contributed by atoms with Gasteiger partial charge in [-0.25, -0.2) is 4.63 Å². The Bertz CT molecular complexity index is 706. The summed E-state index contributed by atoms with van der Waals surface area (Å²) in [5, 5.41) is 7.73. The number of methoxy groups -OCH3 is 1. The summed E-state index contributed by atoms with van der Waals surface area (Å²) in [5.74, 6) is 0.757. The van der Waals surface area contributed by atoms with Crippen LogP contribution in [0.3, 0.4) is 0 Å². The van der Waals surface area contributed by atoms with E-state index in [1.54, 1.807) is 13.2 Å². The monoisotopic (exact) mass is 241 g/mol. The maximum atomic E-state index is 5.86. The fraction of sp³-hybridized carbons (Fsp3) is 0.0769. The van der Waals surface area contributed by atoms with Gasteiger partial charge in [0.1, 0.15) is 16.8 Å². The van der Waals surface area contributed by atoms with Crippen molar-refractivity contribution in [1.82, 2.24) is 10.3 Å². The van der Waals surface area contributed by atoms with Crippen molar-refractivity contribution in [2.75, 3.05) is 12.8 Å². The molecular formula is C13H11N3O2. The highest BCUT2D eigenvalue weighted by Gasteiger charge is 2.13. The van der Waals surface area contributed by atoms with Crippen LogP contribution < -0.4 is 10.5 Å². The number of ether oxygens (including phenoxy) is 1. The minimum atomic E-state index is 0.610. The number of hydrogen-bond donors (Lipinski definition) is 1. The van der Waals surface area contributed by atoms with Crippen molar-refractivity contribution < 1.29 is 9.37 Å². The molecule has 0 saturated heterocycles. The smallest absolute Gasteiger partial charge is 0.143 e. The van der Waals surface area contributed by atoms with E-state index in [2.05, 4.69) is 10.3 Å². The molecule has 0 radical (unpaired) electrons. The van der Waals surface area contributed by atoms with Crippen LogP contribution in [0.1, 0.15) is 0 Å². The third kappa shape index (κ3) is 1.57. The first-order valence-electron chi connectivity index (χ1n) is 5.45. The zero-order valence-corrected chi connectivity index (χ0v) is 9.75. The Hall–Kier alpha value is -2.56. The lowest BCUT2D eigenvalue weighted by Crippen LogP contribution is -1.91. The molecule has 0 aliphatic carbocycles. The molecule has 2 aromatic carbocycles. The molecule has 0 atom stereocenters. The van der Waals surface area contributed by atoms with E-state index in [0.717, 1.165) is 16.9 Å². The third-order valence-corrected chi connectivity index (χ3v) is 2.78. The van der Waals surface area contributed by atoms with Crippen LogP contribution in [0.5, 0.6) is 5.75 Å². The SMILES string of the molecule is COc1ccccc1-c1cc(N)cc2nonc12. The lowest BCUT2D eigenvalue weighted by Gasteiger charge is -2.08. The lowest BCUT2D eigenvalue weighted by atomic mass is 10.0. The third-order valence-electron chi connectivity index (χ3n) is 2.78. The van der Waals surface area contributed by atoms with E-state index in [1.807, 2.05) is 30.3 Å². The first-order chi connectivity index (χ1) is 8.79. The molecule has 0 fully saturated rings. The quantitative estimate of drug-likeness (QED) is 0.697. The first-order valence-corrected chi connectivity index (χ1v) is 5.45. The summed E-state index contributed by atoms with van der Waals surface area (Å²) in [7, 11) is 1.63. The predicted molar refractivity (Wildman–Crippen MR) is 68.2 cm³/mol. The van der Waals surface area contributed by atoms with Crippen molar-refractivity contribution in [3.63, 3.8) is 0 Å². The van der Waals surface area contributed by atoms with Gasteiger partial charge in [0.25, 0.3) is 0 Å². The molecule has 3 rings (SSSR count). The molecule has 0 spiro atoms. The van der Waals surface area contributed by atoms with Gasteiger partial charge >= 0.3 is 0 Å². The van der Waals surface area contributed by atoms with Crippen molar-refractivity contribution in [1.29, 1.82) is 0 Å². The van der Waals surface area contributed by atoms with Gasteiger partial charge in [0.2, 0.25) is 0 Å². The van der Waals surface area contributed by atoms with E-state index >= 15 is 0 Å². The second kappa shape index (κ2) is 4.03. The standard InChI is InChI=1S/C13H11N3O2/c1-17-12-5-3-2-4-9(12)10-6-8(14)7-11-13(10)16-18-15-11/h2-7H,14H2,1H3. The maximum absolute atomic E-state index is 5.86. The summed E-state index contributed by atoms with van der Waals surface area (Å²) in [5.41, 5.74) is 9.54. The highest BCUT2D eigenvalue weighted by molar-refractivity contribution is 5.95. The molecule has 2 N–H and O–H groups in total. The Kier molecular flexibility index (Phi) is 2.37. The lowest BCUT2D eigenvalue weighted by molar-refractivity contribution is 0.315. The van der Waals surface area contributed by atoms with Gasteiger partial charge in [-0.15, -0.1) is 0 Å². The fourth-order valence-corrected chi connectivity index (χ4v) is 1.98. The van der Waals surface area contributed by atoms with Gasteiger partial charge in [0.15, 0.2) is 0 Å². The van der Waals surface area contributed by atoms with Gasteiger partial charge in [-0.05, 0) is 28.5 Å². The predicted octanol–water partition coefficient (Wildman–Crippen LogP) is 2.48. The summed E-state index contributed by atoms with van der Waals surface area (Å²) >= 11 is 0. The molecule has 0 amide bonds. The van der Waals surface area contributed by atoms with Crippen LogP contribution in [0.15, 0.2) is 41.0 Å². The van der Waals surface area contributed by atoms with Crippen molar-refractivity contribution in [3.05, 3.63) is 36.4 Å². The Balaban J connectivity index is 2.34. The van der Waals surface area contributed by atoms with Crippen LogP contribution in [-0.4, -0.2) is 17.4 Å². The molecule has 0 aliphatic rings. The molecule has 0 saturated carbocycles. The zero-order valence-electron chi connectivity index (χ0n) is 9.75. The number of nitrogens with zero attached hydrogens (tertiary/aromatic N) is 2. The molecular weight excluding hydrogens is 230 g/mol. The molecule has 18 heavy (non-hydrogen) atoms. The summed E-state index contributed by atoms with van der Waals surface area (Å²) < 4.78 is 10.1. The largest absolute Gasteiger partial charge is 0.496 e. The van der Waals surface area contributed by atoms with Crippen molar-refractivity contribution in [3.8, 4) is 16.9 Å². The van der Waals surface area contributed by atoms with Gasteiger partial charge in [-0.2, -0.15) is 0 Å². The van der Waals surface area contributed by atoms with Crippen LogP contribution in [0.4, 0.5) is 5.69 Å². The second-order valence-electron chi connectivity index (χ2n) is 3.90. The summed E-state index contributed by atoms with van der Waals surface area (Å²) in [4.78, 5) is 0. The molecule has 5 heteroatoms.